The van der Waals surface area contributed by atoms with Gasteiger partial charge >= 0.3 is 11.9 Å². The Hall–Kier alpha value is -1.40. The summed E-state index contributed by atoms with van der Waals surface area (Å²) < 4.78 is 17.6. The molecular weight excluding hydrogens is 348 g/mol. The Labute approximate surface area is 160 Å². The molecule has 6 heteroatoms. The van der Waals surface area contributed by atoms with Gasteiger partial charge in [0.15, 0.2) is 0 Å². The van der Waals surface area contributed by atoms with Gasteiger partial charge in [0.1, 0.15) is 12.2 Å². The van der Waals surface area contributed by atoms with Gasteiger partial charge in [0.05, 0.1) is 17.8 Å². The van der Waals surface area contributed by atoms with Crippen molar-refractivity contribution in [3.63, 3.8) is 0 Å². The highest BCUT2D eigenvalue weighted by Gasteiger charge is 2.76. The maximum absolute atomic E-state index is 12.6. The van der Waals surface area contributed by atoms with E-state index in [2.05, 4.69) is 6.58 Å². The number of esters is 2. The summed E-state index contributed by atoms with van der Waals surface area (Å²) in [5.41, 5.74) is -0.756. The van der Waals surface area contributed by atoms with Gasteiger partial charge < -0.3 is 19.3 Å². The fourth-order valence-corrected chi connectivity index (χ4v) is 5.71. The molecule has 0 spiro atoms. The number of rotatable bonds is 4. The van der Waals surface area contributed by atoms with Crippen LogP contribution >= 0.6 is 0 Å². The molecule has 0 radical (unpaired) electrons. The first-order chi connectivity index (χ1) is 12.6. The van der Waals surface area contributed by atoms with E-state index in [1.807, 2.05) is 27.7 Å². The maximum atomic E-state index is 12.6. The second-order valence-electron chi connectivity index (χ2n) is 9.32. The van der Waals surface area contributed by atoms with Crippen molar-refractivity contribution >= 4 is 11.9 Å². The van der Waals surface area contributed by atoms with Crippen molar-refractivity contribution in [1.29, 1.82) is 0 Å². The van der Waals surface area contributed by atoms with Gasteiger partial charge in [0.2, 0.25) is 0 Å². The largest absolute Gasteiger partial charge is 0.462 e. The van der Waals surface area contributed by atoms with Crippen LogP contribution in [-0.4, -0.2) is 47.1 Å². The van der Waals surface area contributed by atoms with Gasteiger partial charge in [0.25, 0.3) is 0 Å². The molecule has 0 aromatic heterocycles. The molecule has 27 heavy (non-hydrogen) atoms. The molecule has 9 atom stereocenters. The standard InChI is InChI=1S/C21H30O6/c1-6-10(2)7-16(23)25-14-8-12-11(3)19(24)26-17(12)18-20(14,4)13(22)9-15-21(18,5)27-15/h10,12-15,17-18,22H,3,6-9H2,1-2,4-5H3. The number of hydrogen-bond donors (Lipinski definition) is 1. The number of fused-ring (bicyclic) bond motifs is 5. The quantitative estimate of drug-likeness (QED) is 0.459. The van der Waals surface area contributed by atoms with E-state index in [0.29, 0.717) is 24.8 Å². The minimum Gasteiger partial charge on any atom is -0.462 e. The molecule has 2 aliphatic heterocycles. The fraction of sp³-hybridized carbons (Fsp3) is 0.810. The van der Waals surface area contributed by atoms with E-state index in [9.17, 15) is 14.7 Å². The summed E-state index contributed by atoms with van der Waals surface area (Å²) in [5, 5.41) is 11.0. The van der Waals surface area contributed by atoms with Crippen LogP contribution in [0.4, 0.5) is 0 Å². The molecule has 2 aliphatic carbocycles. The molecule has 2 saturated carbocycles. The van der Waals surface area contributed by atoms with Crippen molar-refractivity contribution in [3.8, 4) is 0 Å². The zero-order valence-electron chi connectivity index (χ0n) is 16.6. The number of epoxide rings is 1. The summed E-state index contributed by atoms with van der Waals surface area (Å²) in [4.78, 5) is 24.8. The Morgan fingerprint density at radius 3 is 2.78 bits per heavy atom. The molecule has 2 heterocycles. The minimum absolute atomic E-state index is 0.0478. The topological polar surface area (TPSA) is 85.4 Å². The molecule has 150 valence electrons. The lowest BCUT2D eigenvalue weighted by molar-refractivity contribution is -0.211. The van der Waals surface area contributed by atoms with Crippen molar-refractivity contribution in [2.75, 3.05) is 0 Å². The molecule has 4 rings (SSSR count). The Bertz CT molecular complexity index is 688. The third kappa shape index (κ3) is 2.59. The molecule has 4 fully saturated rings. The highest BCUT2D eigenvalue weighted by atomic mass is 16.6. The summed E-state index contributed by atoms with van der Waals surface area (Å²) in [5.74, 6) is -0.834. The maximum Gasteiger partial charge on any atom is 0.334 e. The van der Waals surface area contributed by atoms with Crippen LogP contribution in [0.5, 0.6) is 0 Å². The van der Waals surface area contributed by atoms with Gasteiger partial charge in [-0.1, -0.05) is 33.8 Å². The SMILES string of the molecule is C=C1C(=O)OC2C1CC(OC(=O)CC(C)CC)C1(C)C(O)CC3OC3(C)C21. The van der Waals surface area contributed by atoms with Gasteiger partial charge in [0, 0.05) is 35.7 Å². The average molecular weight is 378 g/mol. The molecule has 6 nitrogen and oxygen atoms in total. The zero-order valence-corrected chi connectivity index (χ0v) is 16.6. The Morgan fingerprint density at radius 1 is 1.41 bits per heavy atom. The van der Waals surface area contributed by atoms with Crippen molar-refractivity contribution in [3.05, 3.63) is 12.2 Å². The normalized spacial score (nSPS) is 48.8. The predicted octanol–water partition coefficient (Wildman–Crippen LogP) is 2.38. The van der Waals surface area contributed by atoms with Crippen LogP contribution < -0.4 is 0 Å². The molecule has 1 N–H and O–H groups in total. The lowest BCUT2D eigenvalue weighted by atomic mass is 9.51. The Balaban J connectivity index is 1.67. The van der Waals surface area contributed by atoms with Crippen LogP contribution in [0, 0.1) is 23.2 Å². The van der Waals surface area contributed by atoms with Gasteiger partial charge in [-0.2, -0.15) is 0 Å². The first-order valence-electron chi connectivity index (χ1n) is 10.1. The molecule has 0 bridgehead atoms. The predicted molar refractivity (Wildman–Crippen MR) is 96.6 cm³/mol. The molecular formula is C21H30O6. The summed E-state index contributed by atoms with van der Waals surface area (Å²) in [6, 6.07) is 0. The smallest absolute Gasteiger partial charge is 0.334 e. The van der Waals surface area contributed by atoms with E-state index in [4.69, 9.17) is 14.2 Å². The summed E-state index contributed by atoms with van der Waals surface area (Å²) in [7, 11) is 0. The van der Waals surface area contributed by atoms with E-state index >= 15 is 0 Å². The van der Waals surface area contributed by atoms with Crippen molar-refractivity contribution < 1.29 is 28.9 Å². The van der Waals surface area contributed by atoms with Gasteiger partial charge in [-0.15, -0.1) is 0 Å². The highest BCUT2D eigenvalue weighted by Crippen LogP contribution is 2.66. The monoisotopic (exact) mass is 378 g/mol. The van der Waals surface area contributed by atoms with Crippen LogP contribution in [0.1, 0.15) is 53.4 Å². The van der Waals surface area contributed by atoms with Crippen LogP contribution in [0.15, 0.2) is 12.2 Å². The number of carbonyl (C=O) groups is 2. The second-order valence-corrected chi connectivity index (χ2v) is 9.32. The van der Waals surface area contributed by atoms with E-state index in [-0.39, 0.29) is 41.9 Å². The van der Waals surface area contributed by atoms with Crippen molar-refractivity contribution in [2.45, 2.75) is 83.4 Å². The van der Waals surface area contributed by atoms with E-state index < -0.39 is 23.2 Å². The fourth-order valence-electron chi connectivity index (χ4n) is 5.71. The average Bonchev–Trinajstić information content (AvgIpc) is 3.17. The Kier molecular flexibility index (Phi) is 4.24. The summed E-state index contributed by atoms with van der Waals surface area (Å²) in [6.45, 7) is 12.0. The van der Waals surface area contributed by atoms with Crippen LogP contribution in [0.25, 0.3) is 0 Å². The number of ether oxygens (including phenoxy) is 3. The number of aliphatic hydroxyl groups is 1. The van der Waals surface area contributed by atoms with Gasteiger partial charge in [-0.05, 0) is 19.3 Å². The summed E-state index contributed by atoms with van der Waals surface area (Å²) in [6.07, 6.45) is 0.602. The van der Waals surface area contributed by atoms with Crippen LogP contribution in [0.3, 0.4) is 0 Å². The molecule has 0 amide bonds. The third-order valence-corrected chi connectivity index (χ3v) is 7.75. The van der Waals surface area contributed by atoms with Gasteiger partial charge in [-0.3, -0.25) is 4.79 Å². The zero-order chi connectivity index (χ0) is 19.7. The third-order valence-electron chi connectivity index (χ3n) is 7.75. The van der Waals surface area contributed by atoms with Crippen LogP contribution in [0.2, 0.25) is 0 Å². The first kappa shape index (κ1) is 18.9. The van der Waals surface area contributed by atoms with E-state index in [1.54, 1.807) is 0 Å². The van der Waals surface area contributed by atoms with E-state index in [1.165, 1.54) is 0 Å². The number of carbonyl (C=O) groups excluding carboxylic acids is 2. The number of hydrogen-bond acceptors (Lipinski definition) is 6. The highest BCUT2D eigenvalue weighted by molar-refractivity contribution is 5.91. The lowest BCUT2D eigenvalue weighted by Gasteiger charge is -2.55. The Morgan fingerprint density at radius 2 is 2.11 bits per heavy atom. The molecule has 0 aromatic carbocycles. The second kappa shape index (κ2) is 6.05. The minimum atomic E-state index is -0.723. The van der Waals surface area contributed by atoms with Crippen LogP contribution in [-0.2, 0) is 23.8 Å². The summed E-state index contributed by atoms with van der Waals surface area (Å²) >= 11 is 0. The van der Waals surface area contributed by atoms with Crippen molar-refractivity contribution in [1.82, 2.24) is 0 Å². The lowest BCUT2D eigenvalue weighted by Crippen LogP contribution is -2.65. The van der Waals surface area contributed by atoms with E-state index in [0.717, 1.165) is 6.42 Å². The van der Waals surface area contributed by atoms with Gasteiger partial charge in [-0.25, -0.2) is 4.79 Å². The molecule has 2 saturated heterocycles. The molecule has 0 aromatic rings. The molecule has 9 unspecified atom stereocenters. The first-order valence-corrected chi connectivity index (χ1v) is 10.1. The number of aliphatic hydroxyl groups excluding tert-OH is 1. The molecule has 4 aliphatic rings. The van der Waals surface area contributed by atoms with Crippen molar-refractivity contribution in [2.24, 2.45) is 23.2 Å².